The lowest BCUT2D eigenvalue weighted by molar-refractivity contribution is -0.309. The van der Waals surface area contributed by atoms with E-state index >= 15 is 0 Å². The molecule has 6 heteroatoms. The summed E-state index contributed by atoms with van der Waals surface area (Å²) in [5, 5.41) is 34.2. The van der Waals surface area contributed by atoms with Crippen molar-refractivity contribution in [1.29, 1.82) is 0 Å². The number of hydrogen-bond acceptors (Lipinski definition) is 5. The van der Waals surface area contributed by atoms with Crippen LogP contribution in [0.5, 0.6) is 0 Å². The summed E-state index contributed by atoms with van der Waals surface area (Å²) < 4.78 is 5.97. The number of carboxylic acids is 1. The van der Waals surface area contributed by atoms with Crippen molar-refractivity contribution in [1.82, 2.24) is 0 Å². The van der Waals surface area contributed by atoms with Crippen molar-refractivity contribution in [3.05, 3.63) is 23.8 Å². The van der Waals surface area contributed by atoms with E-state index in [-0.39, 0.29) is 18.3 Å². The Bertz CT molecular complexity index is 862. The maximum Gasteiger partial charge on any atom is 0.333 e. The summed E-state index contributed by atoms with van der Waals surface area (Å²) in [5.41, 5.74) is -2.87. The van der Waals surface area contributed by atoms with E-state index in [2.05, 4.69) is 6.58 Å². The van der Waals surface area contributed by atoms with Gasteiger partial charge in [-0.3, -0.25) is 4.79 Å². The standard InChI is InChI=1S/C25H36O6/c1-6-14(2)20(27)31-19-15(3)16-8-11-25(30)23(5)10-7-9-22(4,21(28)29)17(23)12-18(26)24(19,25)13-16/h6,16-19,26,30H,3,7-13H2,1-2,4-5H3,(H,28,29)/b14-6-/t16-,17-,18+,19+,22-,23-,24+,25-/m1/s1. The van der Waals surface area contributed by atoms with E-state index in [1.54, 1.807) is 26.8 Å². The lowest BCUT2D eigenvalue weighted by atomic mass is 9.37. The molecule has 0 amide bonds. The van der Waals surface area contributed by atoms with Crippen molar-refractivity contribution >= 4 is 11.9 Å². The molecular formula is C25H36O6. The Kier molecular flexibility index (Phi) is 5.03. The molecule has 4 rings (SSSR count). The highest BCUT2D eigenvalue weighted by Crippen LogP contribution is 2.74. The molecule has 31 heavy (non-hydrogen) atoms. The molecule has 0 aliphatic heterocycles. The van der Waals surface area contributed by atoms with Crippen LogP contribution >= 0.6 is 0 Å². The molecule has 0 aromatic carbocycles. The first-order chi connectivity index (χ1) is 14.4. The van der Waals surface area contributed by atoms with Crippen molar-refractivity contribution < 1.29 is 29.6 Å². The highest BCUT2D eigenvalue weighted by Gasteiger charge is 2.78. The van der Waals surface area contributed by atoms with Crippen LogP contribution < -0.4 is 0 Å². The molecule has 0 aromatic rings. The molecule has 0 aromatic heterocycles. The molecule has 4 aliphatic carbocycles. The van der Waals surface area contributed by atoms with Crippen molar-refractivity contribution in [3.8, 4) is 0 Å². The molecule has 0 heterocycles. The van der Waals surface area contributed by atoms with E-state index in [1.807, 2.05) is 6.92 Å². The van der Waals surface area contributed by atoms with Crippen LogP contribution in [0.3, 0.4) is 0 Å². The predicted molar refractivity (Wildman–Crippen MR) is 115 cm³/mol. The number of allylic oxidation sites excluding steroid dienone is 1. The van der Waals surface area contributed by atoms with Crippen LogP contribution in [0.2, 0.25) is 0 Å². The second-order valence-corrected chi connectivity index (χ2v) is 11.0. The minimum absolute atomic E-state index is 0.0771. The molecular weight excluding hydrogens is 396 g/mol. The molecule has 0 unspecified atom stereocenters. The summed E-state index contributed by atoms with van der Waals surface area (Å²) in [6, 6.07) is 0. The number of esters is 1. The maximum atomic E-state index is 12.7. The molecule has 8 atom stereocenters. The van der Waals surface area contributed by atoms with E-state index < -0.39 is 46.0 Å². The first kappa shape index (κ1) is 22.5. The number of carbonyl (C=O) groups is 2. The van der Waals surface area contributed by atoms with Crippen molar-refractivity contribution in [2.75, 3.05) is 0 Å². The van der Waals surface area contributed by atoms with Gasteiger partial charge in [0.15, 0.2) is 0 Å². The molecule has 0 saturated heterocycles. The van der Waals surface area contributed by atoms with Gasteiger partial charge in [0.1, 0.15) is 6.10 Å². The lowest BCUT2D eigenvalue weighted by Gasteiger charge is -2.69. The van der Waals surface area contributed by atoms with Crippen LogP contribution in [-0.4, -0.2) is 45.1 Å². The first-order valence-corrected chi connectivity index (χ1v) is 11.6. The zero-order chi connectivity index (χ0) is 23.0. The number of ether oxygens (including phenoxy) is 1. The van der Waals surface area contributed by atoms with Gasteiger partial charge in [0.05, 0.1) is 22.5 Å². The zero-order valence-electron chi connectivity index (χ0n) is 19.1. The van der Waals surface area contributed by atoms with Gasteiger partial charge >= 0.3 is 11.9 Å². The van der Waals surface area contributed by atoms with Gasteiger partial charge in [-0.15, -0.1) is 0 Å². The number of fused-ring (bicyclic) bond motifs is 3. The summed E-state index contributed by atoms with van der Waals surface area (Å²) in [6.45, 7) is 11.5. The van der Waals surface area contributed by atoms with E-state index in [0.717, 1.165) is 5.57 Å². The number of carbonyl (C=O) groups excluding carboxylic acids is 1. The monoisotopic (exact) mass is 432 g/mol. The molecule has 1 spiro atoms. The predicted octanol–water partition coefficient (Wildman–Crippen LogP) is 3.61. The molecule has 4 saturated carbocycles. The topological polar surface area (TPSA) is 104 Å². The van der Waals surface area contributed by atoms with Crippen LogP contribution in [0.25, 0.3) is 0 Å². The van der Waals surface area contributed by atoms with Crippen molar-refractivity contribution in [3.63, 3.8) is 0 Å². The van der Waals surface area contributed by atoms with Gasteiger partial charge in [-0.2, -0.15) is 0 Å². The van der Waals surface area contributed by atoms with Gasteiger partial charge in [-0.25, -0.2) is 4.79 Å². The third-order valence-corrected chi connectivity index (χ3v) is 9.94. The van der Waals surface area contributed by atoms with E-state index in [9.17, 15) is 24.9 Å². The summed E-state index contributed by atoms with van der Waals surface area (Å²) in [6.07, 6.45) is 3.81. The van der Waals surface area contributed by atoms with Crippen LogP contribution in [0.1, 0.15) is 72.6 Å². The fraction of sp³-hybridized carbons (Fsp3) is 0.760. The largest absolute Gasteiger partial charge is 0.481 e. The lowest BCUT2D eigenvalue weighted by Crippen LogP contribution is -2.75. The molecule has 0 radical (unpaired) electrons. The number of aliphatic carboxylic acids is 1. The summed E-state index contributed by atoms with van der Waals surface area (Å²) >= 11 is 0. The quantitative estimate of drug-likeness (QED) is 0.358. The molecule has 3 N–H and O–H groups in total. The van der Waals surface area contributed by atoms with Gasteiger partial charge < -0.3 is 20.1 Å². The minimum Gasteiger partial charge on any atom is -0.481 e. The Balaban J connectivity index is 1.85. The van der Waals surface area contributed by atoms with Gasteiger partial charge in [-0.05, 0) is 76.7 Å². The van der Waals surface area contributed by atoms with Gasteiger partial charge in [0.25, 0.3) is 0 Å². The number of carboxylic acid groups (broad SMARTS) is 1. The fourth-order valence-corrected chi connectivity index (χ4v) is 7.96. The van der Waals surface area contributed by atoms with Crippen LogP contribution in [0, 0.1) is 28.1 Å². The SMILES string of the molecule is C=C1[C@@H]2CC[C@]3(O)[C@@](C2)([C@@H](O)C[C@@H]2[C@](C)(C(=O)O)CCC[C@]23C)[C@H]1OC(=O)/C(C)=C\C. The Morgan fingerprint density at radius 1 is 1.23 bits per heavy atom. The second-order valence-electron chi connectivity index (χ2n) is 11.0. The van der Waals surface area contributed by atoms with Crippen LogP contribution in [-0.2, 0) is 14.3 Å². The third-order valence-electron chi connectivity index (χ3n) is 9.94. The van der Waals surface area contributed by atoms with Gasteiger partial charge in [0, 0.05) is 11.0 Å². The Morgan fingerprint density at radius 3 is 2.52 bits per heavy atom. The summed E-state index contributed by atoms with van der Waals surface area (Å²) in [4.78, 5) is 25.0. The number of aliphatic hydroxyl groups is 2. The number of aliphatic hydroxyl groups excluding tert-OH is 1. The summed E-state index contributed by atoms with van der Waals surface area (Å²) in [5.74, 6) is -1.62. The highest BCUT2D eigenvalue weighted by molar-refractivity contribution is 5.88. The molecule has 4 fully saturated rings. The Labute approximate surface area is 184 Å². The van der Waals surface area contributed by atoms with Gasteiger partial charge in [0.2, 0.25) is 0 Å². The number of rotatable bonds is 3. The van der Waals surface area contributed by atoms with Crippen LogP contribution in [0.4, 0.5) is 0 Å². The van der Waals surface area contributed by atoms with Crippen molar-refractivity contribution in [2.24, 2.45) is 28.1 Å². The summed E-state index contributed by atoms with van der Waals surface area (Å²) in [7, 11) is 0. The second kappa shape index (κ2) is 6.92. The minimum atomic E-state index is -1.34. The first-order valence-electron chi connectivity index (χ1n) is 11.6. The van der Waals surface area contributed by atoms with Gasteiger partial charge in [-0.1, -0.05) is 26.0 Å². The zero-order valence-corrected chi connectivity index (χ0v) is 19.1. The van der Waals surface area contributed by atoms with Crippen LogP contribution in [0.15, 0.2) is 23.8 Å². The van der Waals surface area contributed by atoms with Crippen molar-refractivity contribution in [2.45, 2.75) is 90.4 Å². The normalized spacial score (nSPS) is 49.2. The molecule has 172 valence electrons. The Hall–Kier alpha value is -1.66. The molecule has 2 bridgehead atoms. The molecule has 6 nitrogen and oxygen atoms in total. The smallest absolute Gasteiger partial charge is 0.333 e. The average molecular weight is 433 g/mol. The average Bonchev–Trinajstić information content (AvgIpc) is 2.95. The molecule has 4 aliphatic rings. The maximum absolute atomic E-state index is 12.7. The fourth-order valence-electron chi connectivity index (χ4n) is 7.96. The van der Waals surface area contributed by atoms with E-state index in [1.165, 1.54) is 0 Å². The third kappa shape index (κ3) is 2.58. The Morgan fingerprint density at radius 2 is 1.90 bits per heavy atom. The van der Waals surface area contributed by atoms with E-state index in [0.29, 0.717) is 44.1 Å². The van der Waals surface area contributed by atoms with E-state index in [4.69, 9.17) is 4.74 Å². The highest BCUT2D eigenvalue weighted by atomic mass is 16.5. The number of hydrogen-bond donors (Lipinski definition) is 3.